The number of hydrogen-bond acceptors (Lipinski definition) is 4. The van der Waals surface area contributed by atoms with Crippen LogP contribution in [0.3, 0.4) is 0 Å². The fourth-order valence-corrected chi connectivity index (χ4v) is 6.02. The molecule has 0 bridgehead atoms. The number of methoxy groups -OCH3 is 1. The van der Waals surface area contributed by atoms with Crippen LogP contribution in [0.1, 0.15) is 88.0 Å². The Labute approximate surface area is 202 Å². The van der Waals surface area contributed by atoms with Crippen LogP contribution in [0.2, 0.25) is 36.3 Å². The Morgan fingerprint density at radius 2 is 1.41 bits per heavy atom. The molecule has 0 spiro atoms. The summed E-state index contributed by atoms with van der Waals surface area (Å²) >= 11 is 0. The van der Waals surface area contributed by atoms with E-state index in [2.05, 4.69) is 94.6 Å². The monoisotopic (exact) mass is 486 g/mol. The fraction of sp³-hybridized carbons (Fsp3) is 0.885. The van der Waals surface area contributed by atoms with Crippen molar-refractivity contribution >= 4 is 22.6 Å². The van der Waals surface area contributed by atoms with Crippen LogP contribution in [0.25, 0.3) is 0 Å². The van der Waals surface area contributed by atoms with Gasteiger partial charge in [0.2, 0.25) is 0 Å². The first-order chi connectivity index (χ1) is 14.2. The summed E-state index contributed by atoms with van der Waals surface area (Å²) in [5.41, 5.74) is 0.602. The van der Waals surface area contributed by atoms with Crippen molar-refractivity contribution in [2.75, 3.05) is 13.7 Å². The van der Waals surface area contributed by atoms with Crippen LogP contribution in [-0.2, 0) is 18.4 Å². The summed E-state index contributed by atoms with van der Waals surface area (Å²) in [7, 11) is -2.16. The Morgan fingerprint density at radius 1 is 0.906 bits per heavy atom. The molecule has 0 aliphatic carbocycles. The maximum absolute atomic E-state index is 12.3. The van der Waals surface area contributed by atoms with Crippen molar-refractivity contribution < 1.29 is 18.4 Å². The SMILES string of the molecule is COC(=O)/C(=C\[C@@H](C)CCCC(C)(C)O[Si](C)(C)C(C)(C)C)CCO[Si](C)(C)C(C)(C)C. The molecule has 0 aliphatic heterocycles. The third kappa shape index (κ3) is 10.7. The van der Waals surface area contributed by atoms with Gasteiger partial charge in [-0.15, -0.1) is 0 Å². The summed E-state index contributed by atoms with van der Waals surface area (Å²) in [6.07, 6.45) is 5.79. The van der Waals surface area contributed by atoms with Crippen molar-refractivity contribution in [3.8, 4) is 0 Å². The second-order valence-electron chi connectivity index (χ2n) is 13.0. The van der Waals surface area contributed by atoms with Gasteiger partial charge in [-0.1, -0.05) is 61.0 Å². The van der Waals surface area contributed by atoms with Crippen molar-refractivity contribution in [1.29, 1.82) is 0 Å². The predicted molar refractivity (Wildman–Crippen MR) is 143 cm³/mol. The average Bonchev–Trinajstić information content (AvgIpc) is 2.56. The lowest BCUT2D eigenvalue weighted by Gasteiger charge is -2.43. The minimum atomic E-state index is -1.82. The largest absolute Gasteiger partial charge is 0.466 e. The van der Waals surface area contributed by atoms with Gasteiger partial charge in [0.15, 0.2) is 16.6 Å². The highest BCUT2D eigenvalue weighted by atomic mass is 28.4. The molecule has 6 heteroatoms. The molecular formula is C26H54O4Si2. The molecule has 1 atom stereocenters. The van der Waals surface area contributed by atoms with Crippen LogP contribution < -0.4 is 0 Å². The highest BCUT2D eigenvalue weighted by Gasteiger charge is 2.41. The molecule has 0 radical (unpaired) electrons. The molecule has 0 aromatic rings. The number of carbonyl (C=O) groups excluding carboxylic acids is 1. The van der Waals surface area contributed by atoms with Crippen LogP contribution in [-0.4, -0.2) is 41.9 Å². The van der Waals surface area contributed by atoms with Crippen LogP contribution in [0.4, 0.5) is 0 Å². The molecule has 32 heavy (non-hydrogen) atoms. The number of ether oxygens (including phenoxy) is 1. The molecule has 0 heterocycles. The standard InChI is InChI=1S/C26H54O4Si2/c1-21(16-15-18-26(8,9)30-32(13,14)25(5,6)7)20-22(23(27)28-10)17-19-29-31(11,12)24(2,3)4/h20-21H,15-19H2,1-14H3/b22-20-/t21-/m0/s1. The van der Waals surface area contributed by atoms with E-state index in [9.17, 15) is 4.79 Å². The second-order valence-corrected chi connectivity index (χ2v) is 22.6. The maximum Gasteiger partial charge on any atom is 0.333 e. The highest BCUT2D eigenvalue weighted by molar-refractivity contribution is 6.74. The lowest BCUT2D eigenvalue weighted by Crippen LogP contribution is -2.47. The zero-order chi connectivity index (χ0) is 25.6. The van der Waals surface area contributed by atoms with Crippen molar-refractivity contribution in [3.63, 3.8) is 0 Å². The van der Waals surface area contributed by atoms with Gasteiger partial charge in [-0.25, -0.2) is 4.79 Å². The number of esters is 1. The molecule has 0 unspecified atom stereocenters. The summed E-state index contributed by atoms with van der Waals surface area (Å²) < 4.78 is 18.0. The number of hydrogen-bond donors (Lipinski definition) is 0. The first kappa shape index (κ1) is 31.6. The zero-order valence-electron chi connectivity index (χ0n) is 23.8. The van der Waals surface area contributed by atoms with Crippen molar-refractivity contribution in [1.82, 2.24) is 0 Å². The Balaban J connectivity index is 4.93. The van der Waals surface area contributed by atoms with Gasteiger partial charge in [0.25, 0.3) is 0 Å². The molecule has 0 saturated heterocycles. The van der Waals surface area contributed by atoms with E-state index in [4.69, 9.17) is 13.6 Å². The van der Waals surface area contributed by atoms with E-state index in [1.165, 1.54) is 7.11 Å². The van der Waals surface area contributed by atoms with Gasteiger partial charge in [0.05, 0.1) is 12.7 Å². The summed E-state index contributed by atoms with van der Waals surface area (Å²) in [5.74, 6) is 0.0675. The van der Waals surface area contributed by atoms with Gasteiger partial charge < -0.3 is 13.6 Å². The third-order valence-corrected chi connectivity index (χ3v) is 16.6. The molecule has 0 fully saturated rings. The molecule has 0 aromatic carbocycles. The first-order valence-corrected chi connectivity index (χ1v) is 18.1. The van der Waals surface area contributed by atoms with E-state index in [1.807, 2.05) is 0 Å². The van der Waals surface area contributed by atoms with Gasteiger partial charge in [0, 0.05) is 18.6 Å². The summed E-state index contributed by atoms with van der Waals surface area (Å²) in [6.45, 7) is 29.8. The number of allylic oxidation sites excluding steroid dienone is 1. The summed E-state index contributed by atoms with van der Waals surface area (Å²) in [6, 6.07) is 0. The molecule has 0 saturated carbocycles. The molecular weight excluding hydrogens is 432 g/mol. The molecule has 0 aromatic heterocycles. The fourth-order valence-electron chi connectivity index (χ4n) is 3.19. The topological polar surface area (TPSA) is 44.8 Å². The Kier molecular flexibility index (Phi) is 11.6. The van der Waals surface area contributed by atoms with Crippen LogP contribution in [0.5, 0.6) is 0 Å². The van der Waals surface area contributed by atoms with Crippen molar-refractivity contribution in [2.45, 2.75) is 130 Å². The van der Waals surface area contributed by atoms with Gasteiger partial charge >= 0.3 is 5.97 Å². The number of carbonyl (C=O) groups is 1. The molecule has 0 aliphatic rings. The predicted octanol–water partition coefficient (Wildman–Crippen LogP) is 8.10. The lowest BCUT2D eigenvalue weighted by molar-refractivity contribution is -0.136. The van der Waals surface area contributed by atoms with E-state index in [0.29, 0.717) is 18.9 Å². The Morgan fingerprint density at radius 3 is 1.84 bits per heavy atom. The van der Waals surface area contributed by atoms with E-state index < -0.39 is 16.6 Å². The zero-order valence-corrected chi connectivity index (χ0v) is 25.8. The highest BCUT2D eigenvalue weighted by Crippen LogP contribution is 2.40. The van der Waals surface area contributed by atoms with Crippen LogP contribution >= 0.6 is 0 Å². The van der Waals surface area contributed by atoms with E-state index >= 15 is 0 Å². The maximum atomic E-state index is 12.3. The van der Waals surface area contributed by atoms with Gasteiger partial charge in [-0.3, -0.25) is 0 Å². The van der Waals surface area contributed by atoms with Gasteiger partial charge in [-0.05, 0) is 68.9 Å². The Bertz CT molecular complexity index is 623. The number of rotatable bonds is 12. The first-order valence-electron chi connectivity index (χ1n) is 12.3. The molecule has 0 amide bonds. The minimum Gasteiger partial charge on any atom is -0.466 e. The quantitative estimate of drug-likeness (QED) is 0.159. The van der Waals surface area contributed by atoms with E-state index in [0.717, 1.165) is 24.8 Å². The van der Waals surface area contributed by atoms with Crippen LogP contribution in [0, 0.1) is 5.92 Å². The minimum absolute atomic E-state index is 0.130. The molecule has 4 nitrogen and oxygen atoms in total. The average molecular weight is 487 g/mol. The molecule has 190 valence electrons. The van der Waals surface area contributed by atoms with Crippen molar-refractivity contribution in [3.05, 3.63) is 11.6 Å². The third-order valence-electron chi connectivity index (χ3n) is 7.35. The normalized spacial score (nSPS) is 15.6. The van der Waals surface area contributed by atoms with E-state index in [-0.39, 0.29) is 21.6 Å². The second kappa shape index (κ2) is 11.8. The lowest BCUT2D eigenvalue weighted by atomic mass is 9.95. The van der Waals surface area contributed by atoms with Crippen LogP contribution in [0.15, 0.2) is 11.6 Å². The van der Waals surface area contributed by atoms with Crippen molar-refractivity contribution in [2.24, 2.45) is 5.92 Å². The smallest absolute Gasteiger partial charge is 0.333 e. The van der Waals surface area contributed by atoms with Gasteiger partial charge in [0.1, 0.15) is 0 Å². The molecule has 0 rings (SSSR count). The molecule has 0 N–H and O–H groups in total. The summed E-state index contributed by atoms with van der Waals surface area (Å²) in [4.78, 5) is 12.3. The van der Waals surface area contributed by atoms with Gasteiger partial charge in [-0.2, -0.15) is 0 Å². The van der Waals surface area contributed by atoms with E-state index in [1.54, 1.807) is 0 Å². The summed E-state index contributed by atoms with van der Waals surface area (Å²) in [5, 5.41) is 0.372. The Hall–Kier alpha value is -0.436.